The van der Waals surface area contributed by atoms with Crippen molar-refractivity contribution < 1.29 is 4.79 Å². The molecule has 1 unspecified atom stereocenters. The number of hydrogen-bond donors (Lipinski definition) is 0. The fourth-order valence-electron chi connectivity index (χ4n) is 3.07. The lowest BCUT2D eigenvalue weighted by molar-refractivity contribution is 0.0980. The van der Waals surface area contributed by atoms with Crippen molar-refractivity contribution in [2.24, 2.45) is 0 Å². The van der Waals surface area contributed by atoms with E-state index in [-0.39, 0.29) is 5.91 Å². The average molecular weight is 315 g/mol. The fourth-order valence-corrected chi connectivity index (χ4v) is 3.29. The van der Waals surface area contributed by atoms with Crippen LogP contribution in [-0.4, -0.2) is 31.4 Å². The van der Waals surface area contributed by atoms with Gasteiger partial charge < -0.3 is 9.80 Å². The second kappa shape index (κ2) is 6.11. The van der Waals surface area contributed by atoms with Gasteiger partial charge in [0, 0.05) is 18.3 Å². The number of nitrogens with zero attached hydrogens (tertiary/aromatic N) is 2. The van der Waals surface area contributed by atoms with Gasteiger partial charge in [-0.3, -0.25) is 4.79 Å². The van der Waals surface area contributed by atoms with Gasteiger partial charge in [0.25, 0.3) is 5.91 Å². The van der Waals surface area contributed by atoms with E-state index in [1.165, 1.54) is 5.56 Å². The van der Waals surface area contributed by atoms with E-state index >= 15 is 0 Å². The minimum atomic E-state index is -0.0322. The number of amides is 1. The van der Waals surface area contributed by atoms with Crippen molar-refractivity contribution in [2.45, 2.75) is 12.5 Å². The Balaban J connectivity index is 2.01. The summed E-state index contributed by atoms with van der Waals surface area (Å²) < 4.78 is 0. The summed E-state index contributed by atoms with van der Waals surface area (Å²) >= 11 is 6.19. The van der Waals surface area contributed by atoms with Gasteiger partial charge in [0.1, 0.15) is 0 Å². The van der Waals surface area contributed by atoms with E-state index in [1.54, 1.807) is 12.1 Å². The van der Waals surface area contributed by atoms with E-state index in [0.717, 1.165) is 12.1 Å². The van der Waals surface area contributed by atoms with Crippen LogP contribution >= 0.6 is 11.6 Å². The highest BCUT2D eigenvalue weighted by molar-refractivity contribution is 6.34. The van der Waals surface area contributed by atoms with Gasteiger partial charge in [0.2, 0.25) is 0 Å². The van der Waals surface area contributed by atoms with Gasteiger partial charge in [-0.25, -0.2) is 0 Å². The smallest absolute Gasteiger partial charge is 0.259 e. The SMILES string of the molecule is CN(C)C1CCN(C(=O)c2ccccc2Cl)c2ccccc21. The first kappa shape index (κ1) is 15.1. The Kier molecular flexibility index (Phi) is 4.19. The molecule has 0 fully saturated rings. The molecule has 3 rings (SSSR count). The molecule has 0 saturated carbocycles. The zero-order chi connectivity index (χ0) is 15.7. The van der Waals surface area contributed by atoms with Crippen LogP contribution in [0.4, 0.5) is 5.69 Å². The van der Waals surface area contributed by atoms with E-state index < -0.39 is 0 Å². The van der Waals surface area contributed by atoms with Crippen LogP contribution < -0.4 is 4.90 Å². The molecule has 2 aromatic carbocycles. The molecule has 114 valence electrons. The van der Waals surface area contributed by atoms with E-state index in [9.17, 15) is 4.79 Å². The Bertz CT molecular complexity index is 699. The zero-order valence-electron chi connectivity index (χ0n) is 12.8. The molecule has 0 bridgehead atoms. The third-order valence-corrected chi connectivity index (χ3v) is 4.52. The molecule has 22 heavy (non-hydrogen) atoms. The molecule has 0 spiro atoms. The molecule has 0 radical (unpaired) electrons. The third kappa shape index (κ3) is 2.62. The van der Waals surface area contributed by atoms with Crippen LogP contribution in [0, 0.1) is 0 Å². The number of rotatable bonds is 2. The van der Waals surface area contributed by atoms with E-state index in [4.69, 9.17) is 11.6 Å². The number of halogens is 1. The molecule has 1 heterocycles. The van der Waals surface area contributed by atoms with Crippen LogP contribution in [-0.2, 0) is 0 Å². The molecule has 2 aromatic rings. The molecule has 4 heteroatoms. The Labute approximate surface area is 136 Å². The predicted molar refractivity (Wildman–Crippen MR) is 90.6 cm³/mol. The van der Waals surface area contributed by atoms with Crippen molar-refractivity contribution >= 4 is 23.2 Å². The number of para-hydroxylation sites is 1. The van der Waals surface area contributed by atoms with E-state index in [1.807, 2.05) is 35.2 Å². The molecular weight excluding hydrogens is 296 g/mol. The molecule has 1 atom stereocenters. The van der Waals surface area contributed by atoms with Gasteiger partial charge in [-0.2, -0.15) is 0 Å². The van der Waals surface area contributed by atoms with Gasteiger partial charge in [-0.1, -0.05) is 41.9 Å². The lowest BCUT2D eigenvalue weighted by atomic mass is 9.95. The summed E-state index contributed by atoms with van der Waals surface area (Å²) in [5, 5.41) is 0.500. The van der Waals surface area contributed by atoms with Crippen molar-refractivity contribution in [1.29, 1.82) is 0 Å². The average Bonchev–Trinajstić information content (AvgIpc) is 2.53. The molecule has 0 aromatic heterocycles. The molecule has 3 nitrogen and oxygen atoms in total. The van der Waals surface area contributed by atoms with Crippen LogP contribution in [0.25, 0.3) is 0 Å². The summed E-state index contributed by atoms with van der Waals surface area (Å²) in [5.41, 5.74) is 2.73. The number of hydrogen-bond acceptors (Lipinski definition) is 2. The van der Waals surface area contributed by atoms with E-state index in [2.05, 4.69) is 25.1 Å². The summed E-state index contributed by atoms with van der Waals surface area (Å²) in [6.07, 6.45) is 0.917. The molecule has 0 saturated heterocycles. The maximum absolute atomic E-state index is 12.9. The number of carbonyl (C=O) groups is 1. The van der Waals surface area contributed by atoms with Crippen molar-refractivity contribution in [1.82, 2.24) is 4.90 Å². The minimum absolute atomic E-state index is 0.0322. The van der Waals surface area contributed by atoms with Gasteiger partial charge in [0.05, 0.1) is 10.6 Å². The Morgan fingerprint density at radius 3 is 2.55 bits per heavy atom. The first-order valence-corrected chi connectivity index (χ1v) is 7.79. The third-order valence-electron chi connectivity index (χ3n) is 4.19. The second-order valence-corrected chi connectivity index (χ2v) is 6.17. The van der Waals surface area contributed by atoms with Crippen LogP contribution in [0.2, 0.25) is 5.02 Å². The zero-order valence-corrected chi connectivity index (χ0v) is 13.5. The van der Waals surface area contributed by atoms with Crippen LogP contribution in [0.15, 0.2) is 48.5 Å². The first-order chi connectivity index (χ1) is 10.6. The number of benzene rings is 2. The molecular formula is C18H19ClN2O. The molecule has 0 N–H and O–H groups in total. The van der Waals surface area contributed by atoms with Crippen LogP contribution in [0.5, 0.6) is 0 Å². The van der Waals surface area contributed by atoms with Crippen LogP contribution in [0.1, 0.15) is 28.4 Å². The standard InChI is InChI=1S/C18H19ClN2O/c1-20(2)16-11-12-21(17-10-6-4-8-14(16)17)18(22)13-7-3-5-9-15(13)19/h3-10,16H,11-12H2,1-2H3. The normalized spacial score (nSPS) is 17.5. The monoisotopic (exact) mass is 314 g/mol. The van der Waals surface area contributed by atoms with Gasteiger partial charge in [-0.05, 0) is 44.3 Å². The van der Waals surface area contributed by atoms with Crippen molar-refractivity contribution in [3.8, 4) is 0 Å². The maximum Gasteiger partial charge on any atom is 0.259 e. The maximum atomic E-state index is 12.9. The Morgan fingerprint density at radius 1 is 1.14 bits per heavy atom. The highest BCUT2D eigenvalue weighted by atomic mass is 35.5. The summed E-state index contributed by atoms with van der Waals surface area (Å²) in [7, 11) is 4.15. The lowest BCUT2D eigenvalue weighted by Crippen LogP contribution is -2.39. The molecule has 0 aliphatic carbocycles. The fraction of sp³-hybridized carbons (Fsp3) is 0.278. The molecule has 1 aliphatic heterocycles. The van der Waals surface area contributed by atoms with E-state index in [0.29, 0.717) is 23.2 Å². The number of fused-ring (bicyclic) bond motifs is 1. The second-order valence-electron chi connectivity index (χ2n) is 5.76. The molecule has 1 aliphatic rings. The highest BCUT2D eigenvalue weighted by Gasteiger charge is 2.30. The van der Waals surface area contributed by atoms with Crippen molar-refractivity contribution in [2.75, 3.05) is 25.5 Å². The quantitative estimate of drug-likeness (QED) is 0.836. The number of anilines is 1. The van der Waals surface area contributed by atoms with Crippen LogP contribution in [0.3, 0.4) is 0 Å². The topological polar surface area (TPSA) is 23.6 Å². The highest BCUT2D eigenvalue weighted by Crippen LogP contribution is 2.37. The first-order valence-electron chi connectivity index (χ1n) is 7.41. The lowest BCUT2D eigenvalue weighted by Gasteiger charge is -2.37. The summed E-state index contributed by atoms with van der Waals surface area (Å²) in [6, 6.07) is 15.7. The summed E-state index contributed by atoms with van der Waals surface area (Å²) in [5.74, 6) is -0.0322. The Morgan fingerprint density at radius 2 is 1.82 bits per heavy atom. The van der Waals surface area contributed by atoms with Crippen molar-refractivity contribution in [3.05, 3.63) is 64.7 Å². The summed E-state index contributed by atoms with van der Waals surface area (Å²) in [6.45, 7) is 0.698. The minimum Gasteiger partial charge on any atom is -0.308 e. The number of carbonyl (C=O) groups excluding carboxylic acids is 1. The van der Waals surface area contributed by atoms with Gasteiger partial charge >= 0.3 is 0 Å². The van der Waals surface area contributed by atoms with Crippen molar-refractivity contribution in [3.63, 3.8) is 0 Å². The Hall–Kier alpha value is -1.84. The molecule has 1 amide bonds. The summed E-state index contributed by atoms with van der Waals surface area (Å²) in [4.78, 5) is 16.9. The largest absolute Gasteiger partial charge is 0.308 e. The van der Waals surface area contributed by atoms with Gasteiger partial charge in [0.15, 0.2) is 0 Å². The van der Waals surface area contributed by atoms with Gasteiger partial charge in [-0.15, -0.1) is 0 Å². The predicted octanol–water partition coefficient (Wildman–Crippen LogP) is 3.99.